The van der Waals surface area contributed by atoms with Crippen molar-refractivity contribution in [1.82, 2.24) is 5.32 Å². The molecule has 0 radical (unpaired) electrons. The first kappa shape index (κ1) is 15.8. The van der Waals surface area contributed by atoms with E-state index < -0.39 is 6.10 Å². The van der Waals surface area contributed by atoms with Crippen LogP contribution in [0.2, 0.25) is 5.02 Å². The fourth-order valence-electron chi connectivity index (χ4n) is 2.62. The third kappa shape index (κ3) is 3.84. The zero-order chi connectivity index (χ0) is 16.2. The quantitative estimate of drug-likeness (QED) is 0.885. The van der Waals surface area contributed by atoms with Crippen molar-refractivity contribution in [3.05, 3.63) is 64.2 Å². The van der Waals surface area contributed by atoms with E-state index in [0.29, 0.717) is 11.6 Å². The van der Waals surface area contributed by atoms with Crippen LogP contribution in [-0.4, -0.2) is 24.2 Å². The standard InChI is InChI=1S/C18H18ClNO3/c19-15-4-2-1-3-12(15)10-18(22)20-11-16(21)13-5-6-17-14(9-13)7-8-23-17/h1-6,9,16,21H,7-8,10-11H2,(H,20,22). The molecule has 0 spiro atoms. The zero-order valence-corrected chi connectivity index (χ0v) is 13.3. The summed E-state index contributed by atoms with van der Waals surface area (Å²) in [5, 5.41) is 13.6. The van der Waals surface area contributed by atoms with Crippen molar-refractivity contribution in [3.8, 4) is 5.75 Å². The molecule has 2 aromatic rings. The van der Waals surface area contributed by atoms with E-state index in [4.69, 9.17) is 16.3 Å². The van der Waals surface area contributed by atoms with Gasteiger partial charge in [-0.2, -0.15) is 0 Å². The van der Waals surface area contributed by atoms with Gasteiger partial charge in [-0.25, -0.2) is 0 Å². The van der Waals surface area contributed by atoms with Crippen LogP contribution in [0.25, 0.3) is 0 Å². The molecule has 1 atom stereocenters. The van der Waals surface area contributed by atoms with Gasteiger partial charge in [-0.1, -0.05) is 35.9 Å². The van der Waals surface area contributed by atoms with Crippen LogP contribution in [0.1, 0.15) is 22.8 Å². The average Bonchev–Trinajstić information content (AvgIpc) is 3.02. The number of hydrogen-bond acceptors (Lipinski definition) is 3. The van der Waals surface area contributed by atoms with E-state index in [1.54, 1.807) is 6.07 Å². The molecule has 120 valence electrons. The van der Waals surface area contributed by atoms with Crippen LogP contribution in [0.4, 0.5) is 0 Å². The van der Waals surface area contributed by atoms with Gasteiger partial charge < -0.3 is 15.2 Å². The molecule has 1 aliphatic heterocycles. The number of carbonyl (C=O) groups excluding carboxylic acids is 1. The summed E-state index contributed by atoms with van der Waals surface area (Å²) in [4.78, 5) is 12.0. The van der Waals surface area contributed by atoms with Gasteiger partial charge in [0.05, 0.1) is 19.1 Å². The van der Waals surface area contributed by atoms with Crippen molar-refractivity contribution in [2.45, 2.75) is 18.9 Å². The Morgan fingerprint density at radius 2 is 2.13 bits per heavy atom. The lowest BCUT2D eigenvalue weighted by Crippen LogP contribution is -2.29. The first-order chi connectivity index (χ1) is 11.1. The predicted molar refractivity (Wildman–Crippen MR) is 88.8 cm³/mol. The largest absolute Gasteiger partial charge is 0.493 e. The maximum atomic E-state index is 12.0. The molecule has 1 amide bonds. The first-order valence-electron chi connectivity index (χ1n) is 7.57. The van der Waals surface area contributed by atoms with E-state index in [2.05, 4.69) is 5.32 Å². The van der Waals surface area contributed by atoms with Gasteiger partial charge in [0.15, 0.2) is 0 Å². The maximum Gasteiger partial charge on any atom is 0.224 e. The first-order valence-corrected chi connectivity index (χ1v) is 7.95. The van der Waals surface area contributed by atoms with Crippen molar-refractivity contribution in [1.29, 1.82) is 0 Å². The topological polar surface area (TPSA) is 58.6 Å². The molecule has 0 bridgehead atoms. The smallest absolute Gasteiger partial charge is 0.224 e. The summed E-state index contributed by atoms with van der Waals surface area (Å²) >= 11 is 6.04. The van der Waals surface area contributed by atoms with Crippen molar-refractivity contribution < 1.29 is 14.6 Å². The van der Waals surface area contributed by atoms with Gasteiger partial charge in [0.1, 0.15) is 5.75 Å². The highest BCUT2D eigenvalue weighted by Gasteiger charge is 2.16. The summed E-state index contributed by atoms with van der Waals surface area (Å²) in [5.74, 6) is 0.713. The van der Waals surface area contributed by atoms with Crippen molar-refractivity contribution >= 4 is 17.5 Å². The highest BCUT2D eigenvalue weighted by molar-refractivity contribution is 6.31. The molecule has 0 fully saturated rings. The van der Waals surface area contributed by atoms with E-state index >= 15 is 0 Å². The molecule has 4 nitrogen and oxygen atoms in total. The number of rotatable bonds is 5. The highest BCUT2D eigenvalue weighted by Crippen LogP contribution is 2.28. The number of ether oxygens (including phenoxy) is 1. The number of nitrogens with one attached hydrogen (secondary N) is 1. The molecule has 3 rings (SSSR count). The van der Waals surface area contributed by atoms with Crippen LogP contribution in [0, 0.1) is 0 Å². The van der Waals surface area contributed by atoms with E-state index in [1.165, 1.54) is 0 Å². The van der Waals surface area contributed by atoms with Gasteiger partial charge in [0.25, 0.3) is 0 Å². The summed E-state index contributed by atoms with van der Waals surface area (Å²) in [7, 11) is 0. The third-order valence-corrected chi connectivity index (χ3v) is 4.27. The minimum atomic E-state index is -0.740. The molecule has 0 aromatic heterocycles. The Labute approximate surface area is 140 Å². The second-order valence-electron chi connectivity index (χ2n) is 5.55. The molecule has 0 saturated heterocycles. The Hall–Kier alpha value is -2.04. The Balaban J connectivity index is 1.55. The van der Waals surface area contributed by atoms with Gasteiger partial charge in [0, 0.05) is 18.0 Å². The zero-order valence-electron chi connectivity index (χ0n) is 12.6. The van der Waals surface area contributed by atoms with Crippen molar-refractivity contribution in [2.24, 2.45) is 0 Å². The van der Waals surface area contributed by atoms with Crippen LogP contribution < -0.4 is 10.1 Å². The molecule has 1 heterocycles. The van der Waals surface area contributed by atoms with Gasteiger partial charge in [-0.05, 0) is 34.9 Å². The molecule has 0 aliphatic carbocycles. The fourth-order valence-corrected chi connectivity index (χ4v) is 2.82. The number of carbonyl (C=O) groups is 1. The Morgan fingerprint density at radius 3 is 2.96 bits per heavy atom. The summed E-state index contributed by atoms with van der Waals surface area (Å²) in [6.45, 7) is 0.854. The second-order valence-corrected chi connectivity index (χ2v) is 5.96. The summed E-state index contributed by atoms with van der Waals surface area (Å²) in [5.41, 5.74) is 2.66. The van der Waals surface area contributed by atoms with Crippen LogP contribution in [0.15, 0.2) is 42.5 Å². The second kappa shape index (κ2) is 7.02. The van der Waals surface area contributed by atoms with Crippen LogP contribution in [0.3, 0.4) is 0 Å². The summed E-state index contributed by atoms with van der Waals surface area (Å²) in [6.07, 6.45) is 0.315. The number of fused-ring (bicyclic) bond motifs is 1. The molecule has 2 N–H and O–H groups in total. The highest BCUT2D eigenvalue weighted by atomic mass is 35.5. The lowest BCUT2D eigenvalue weighted by molar-refractivity contribution is -0.120. The molecular formula is C18H18ClNO3. The van der Waals surface area contributed by atoms with E-state index in [1.807, 2.05) is 36.4 Å². The Morgan fingerprint density at radius 1 is 1.30 bits per heavy atom. The fraction of sp³-hybridized carbons (Fsp3) is 0.278. The van der Waals surface area contributed by atoms with Gasteiger partial charge in [0.2, 0.25) is 5.91 Å². The molecule has 1 unspecified atom stereocenters. The van der Waals surface area contributed by atoms with Crippen LogP contribution in [0.5, 0.6) is 5.75 Å². The molecule has 0 saturated carbocycles. The molecular weight excluding hydrogens is 314 g/mol. The number of amides is 1. The normalized spacial score (nSPS) is 14.0. The van der Waals surface area contributed by atoms with Crippen LogP contribution >= 0.6 is 11.6 Å². The predicted octanol–water partition coefficient (Wildman–Crippen LogP) is 2.67. The number of benzene rings is 2. The Bertz CT molecular complexity index is 717. The lowest BCUT2D eigenvalue weighted by atomic mass is 10.0. The van der Waals surface area contributed by atoms with Gasteiger partial charge in [-0.3, -0.25) is 4.79 Å². The van der Waals surface area contributed by atoms with E-state index in [-0.39, 0.29) is 18.9 Å². The number of halogens is 1. The van der Waals surface area contributed by atoms with Gasteiger partial charge in [-0.15, -0.1) is 0 Å². The molecule has 23 heavy (non-hydrogen) atoms. The number of hydrogen-bond donors (Lipinski definition) is 2. The lowest BCUT2D eigenvalue weighted by Gasteiger charge is -2.13. The van der Waals surface area contributed by atoms with Gasteiger partial charge >= 0.3 is 0 Å². The number of aliphatic hydroxyl groups excluding tert-OH is 1. The summed E-state index contributed by atoms with van der Waals surface area (Å²) in [6, 6.07) is 12.9. The summed E-state index contributed by atoms with van der Waals surface area (Å²) < 4.78 is 5.45. The monoisotopic (exact) mass is 331 g/mol. The number of aliphatic hydroxyl groups is 1. The van der Waals surface area contributed by atoms with Crippen molar-refractivity contribution in [3.63, 3.8) is 0 Å². The minimum absolute atomic E-state index is 0.165. The molecule has 1 aliphatic rings. The van der Waals surface area contributed by atoms with Crippen molar-refractivity contribution in [2.75, 3.05) is 13.2 Å². The average molecular weight is 332 g/mol. The SMILES string of the molecule is O=C(Cc1ccccc1Cl)NCC(O)c1ccc2c(c1)CCO2. The Kier molecular flexibility index (Phi) is 4.84. The molecule has 5 heteroatoms. The third-order valence-electron chi connectivity index (χ3n) is 3.90. The minimum Gasteiger partial charge on any atom is -0.493 e. The van der Waals surface area contributed by atoms with E-state index in [9.17, 15) is 9.90 Å². The maximum absolute atomic E-state index is 12.0. The molecule has 2 aromatic carbocycles. The van der Waals surface area contributed by atoms with Crippen LogP contribution in [-0.2, 0) is 17.6 Å². The van der Waals surface area contributed by atoms with E-state index in [0.717, 1.165) is 28.9 Å².